The van der Waals surface area contributed by atoms with Crippen molar-refractivity contribution >= 4 is 17.6 Å². The van der Waals surface area contributed by atoms with Gasteiger partial charge in [-0.2, -0.15) is 0 Å². The number of hydrogen-bond acceptors (Lipinski definition) is 3. The normalized spacial score (nSPS) is 11.8. The lowest BCUT2D eigenvalue weighted by Gasteiger charge is -2.12. The molecular weight excluding hydrogens is 366 g/mol. The summed E-state index contributed by atoms with van der Waals surface area (Å²) in [5, 5.41) is 11.8. The average Bonchev–Trinajstić information content (AvgIpc) is 2.62. The SMILES string of the molecule is CC(=O)Nc1ccc(C(=O)O)cc1OC/C=C(\C)CC/C=C(\C)CCC=C(C)C. The summed E-state index contributed by atoms with van der Waals surface area (Å²) >= 11 is 0. The first-order valence-electron chi connectivity index (χ1n) is 9.91. The largest absolute Gasteiger partial charge is 0.487 e. The van der Waals surface area contributed by atoms with Gasteiger partial charge >= 0.3 is 5.97 Å². The highest BCUT2D eigenvalue weighted by molar-refractivity contribution is 5.93. The van der Waals surface area contributed by atoms with Crippen LogP contribution in [0.1, 0.15) is 70.7 Å². The summed E-state index contributed by atoms with van der Waals surface area (Å²) in [7, 11) is 0. The van der Waals surface area contributed by atoms with E-state index in [-0.39, 0.29) is 11.5 Å². The average molecular weight is 400 g/mol. The maximum absolute atomic E-state index is 11.3. The van der Waals surface area contributed by atoms with E-state index in [1.54, 1.807) is 6.07 Å². The lowest BCUT2D eigenvalue weighted by molar-refractivity contribution is -0.114. The Morgan fingerprint density at radius 3 is 2.17 bits per heavy atom. The molecule has 1 aromatic carbocycles. The summed E-state index contributed by atoms with van der Waals surface area (Å²) in [6.45, 7) is 10.2. The highest BCUT2D eigenvalue weighted by atomic mass is 16.5. The van der Waals surface area contributed by atoms with Gasteiger partial charge in [-0.15, -0.1) is 0 Å². The number of amides is 1. The second-order valence-corrected chi connectivity index (χ2v) is 7.47. The van der Waals surface area contributed by atoms with Gasteiger partial charge in [0.1, 0.15) is 12.4 Å². The predicted molar refractivity (Wildman–Crippen MR) is 119 cm³/mol. The Labute approximate surface area is 174 Å². The summed E-state index contributed by atoms with van der Waals surface area (Å²) < 4.78 is 5.73. The van der Waals surface area contributed by atoms with Crippen molar-refractivity contribution in [1.29, 1.82) is 0 Å². The van der Waals surface area contributed by atoms with Gasteiger partial charge in [0.2, 0.25) is 5.91 Å². The van der Waals surface area contributed by atoms with Crippen LogP contribution in [0.25, 0.3) is 0 Å². The molecule has 1 amide bonds. The Morgan fingerprint density at radius 2 is 1.59 bits per heavy atom. The maximum atomic E-state index is 11.3. The Kier molecular flexibility index (Phi) is 10.5. The van der Waals surface area contributed by atoms with Crippen LogP contribution in [-0.2, 0) is 4.79 Å². The van der Waals surface area contributed by atoms with Crippen LogP contribution in [0.5, 0.6) is 5.75 Å². The quantitative estimate of drug-likeness (QED) is 0.438. The number of nitrogens with one attached hydrogen (secondary N) is 1. The number of carboxylic acid groups (broad SMARTS) is 1. The first kappa shape index (κ1) is 24.2. The van der Waals surface area contributed by atoms with Crippen molar-refractivity contribution in [1.82, 2.24) is 0 Å². The molecule has 29 heavy (non-hydrogen) atoms. The van der Waals surface area contributed by atoms with Crippen LogP contribution in [-0.4, -0.2) is 23.6 Å². The van der Waals surface area contributed by atoms with Crippen molar-refractivity contribution in [2.45, 2.75) is 60.3 Å². The number of benzene rings is 1. The summed E-state index contributed by atoms with van der Waals surface area (Å²) in [5.74, 6) is -0.932. The zero-order valence-corrected chi connectivity index (χ0v) is 18.2. The van der Waals surface area contributed by atoms with E-state index >= 15 is 0 Å². The molecule has 158 valence electrons. The molecule has 0 saturated heterocycles. The van der Waals surface area contributed by atoms with Crippen LogP contribution in [0.4, 0.5) is 5.69 Å². The van der Waals surface area contributed by atoms with Crippen LogP contribution >= 0.6 is 0 Å². The van der Waals surface area contributed by atoms with Crippen LogP contribution < -0.4 is 10.1 Å². The van der Waals surface area contributed by atoms with E-state index in [1.165, 1.54) is 35.8 Å². The molecule has 0 aromatic heterocycles. The number of anilines is 1. The Morgan fingerprint density at radius 1 is 0.966 bits per heavy atom. The van der Waals surface area contributed by atoms with E-state index in [2.05, 4.69) is 45.2 Å². The summed E-state index contributed by atoms with van der Waals surface area (Å²) in [4.78, 5) is 22.5. The molecule has 0 spiro atoms. The van der Waals surface area contributed by atoms with E-state index in [4.69, 9.17) is 9.84 Å². The van der Waals surface area contributed by atoms with Crippen LogP contribution in [0, 0.1) is 0 Å². The molecule has 0 fully saturated rings. The zero-order chi connectivity index (χ0) is 21.8. The fraction of sp³-hybridized carbons (Fsp3) is 0.417. The lowest BCUT2D eigenvalue weighted by atomic mass is 10.1. The van der Waals surface area contributed by atoms with Gasteiger partial charge < -0.3 is 15.2 Å². The molecule has 0 heterocycles. The molecule has 0 radical (unpaired) electrons. The van der Waals surface area contributed by atoms with Crippen molar-refractivity contribution in [2.24, 2.45) is 0 Å². The molecular formula is C24H33NO4. The molecule has 5 nitrogen and oxygen atoms in total. The van der Waals surface area contributed by atoms with Crippen LogP contribution in [0.2, 0.25) is 0 Å². The number of rotatable bonds is 11. The molecule has 0 atom stereocenters. The molecule has 0 aliphatic rings. The third-order valence-electron chi connectivity index (χ3n) is 4.33. The Bertz CT molecular complexity index is 799. The second-order valence-electron chi connectivity index (χ2n) is 7.47. The molecule has 0 aliphatic heterocycles. The van der Waals surface area contributed by atoms with Crippen molar-refractivity contribution in [3.8, 4) is 5.75 Å². The highest BCUT2D eigenvalue weighted by Crippen LogP contribution is 2.26. The number of aromatic carboxylic acids is 1. The van der Waals surface area contributed by atoms with E-state index in [9.17, 15) is 9.59 Å². The van der Waals surface area contributed by atoms with E-state index < -0.39 is 5.97 Å². The summed E-state index contributed by atoms with van der Waals surface area (Å²) in [5.41, 5.74) is 4.53. The number of carbonyl (C=O) groups excluding carboxylic acids is 1. The van der Waals surface area contributed by atoms with Crippen molar-refractivity contribution in [2.75, 3.05) is 11.9 Å². The maximum Gasteiger partial charge on any atom is 0.335 e. The van der Waals surface area contributed by atoms with Gasteiger partial charge in [0.25, 0.3) is 0 Å². The molecule has 0 saturated carbocycles. The van der Waals surface area contributed by atoms with Crippen LogP contribution in [0.3, 0.4) is 0 Å². The van der Waals surface area contributed by atoms with Gasteiger partial charge in [-0.05, 0) is 77.7 Å². The number of hydrogen-bond donors (Lipinski definition) is 2. The third-order valence-corrected chi connectivity index (χ3v) is 4.33. The Balaban J connectivity index is 2.60. The number of carbonyl (C=O) groups is 2. The molecule has 0 aliphatic carbocycles. The van der Waals surface area contributed by atoms with E-state index in [1.807, 2.05) is 6.08 Å². The molecule has 5 heteroatoms. The van der Waals surface area contributed by atoms with E-state index in [0.717, 1.165) is 25.7 Å². The minimum atomic E-state index is -1.04. The Hall–Kier alpha value is -2.82. The van der Waals surface area contributed by atoms with Crippen molar-refractivity contribution in [3.63, 3.8) is 0 Å². The fourth-order valence-corrected chi connectivity index (χ4v) is 2.68. The minimum absolute atomic E-state index is 0.114. The number of allylic oxidation sites excluding steroid dienone is 5. The summed E-state index contributed by atoms with van der Waals surface area (Å²) in [6.07, 6.45) is 10.6. The smallest absolute Gasteiger partial charge is 0.335 e. The highest BCUT2D eigenvalue weighted by Gasteiger charge is 2.10. The first-order chi connectivity index (χ1) is 13.7. The van der Waals surface area contributed by atoms with Gasteiger partial charge in [0, 0.05) is 6.92 Å². The standard InChI is InChI=1S/C24H33NO4/c1-17(2)8-6-9-18(3)10-7-11-19(4)14-15-29-23-16-21(24(27)28)12-13-22(23)25-20(5)26/h8,10,12-14,16H,6-7,9,11,15H2,1-5H3,(H,25,26)(H,27,28)/b18-10+,19-14+. The third kappa shape index (κ3) is 10.3. The first-order valence-corrected chi connectivity index (χ1v) is 9.91. The molecule has 1 rings (SSSR count). The zero-order valence-electron chi connectivity index (χ0n) is 18.2. The van der Waals surface area contributed by atoms with Gasteiger partial charge in [0.15, 0.2) is 0 Å². The minimum Gasteiger partial charge on any atom is -0.487 e. The topological polar surface area (TPSA) is 75.6 Å². The number of ether oxygens (including phenoxy) is 1. The van der Waals surface area contributed by atoms with Crippen LogP contribution in [0.15, 0.2) is 53.1 Å². The van der Waals surface area contributed by atoms with Gasteiger partial charge in [-0.3, -0.25) is 4.79 Å². The van der Waals surface area contributed by atoms with Crippen molar-refractivity contribution < 1.29 is 19.4 Å². The predicted octanol–water partition coefficient (Wildman–Crippen LogP) is 6.14. The lowest BCUT2D eigenvalue weighted by Crippen LogP contribution is -2.09. The molecule has 1 aromatic rings. The number of carboxylic acids is 1. The van der Waals surface area contributed by atoms with Gasteiger partial charge in [-0.1, -0.05) is 28.9 Å². The second kappa shape index (κ2) is 12.6. The molecule has 0 bridgehead atoms. The van der Waals surface area contributed by atoms with E-state index in [0.29, 0.717) is 18.0 Å². The van der Waals surface area contributed by atoms with Gasteiger partial charge in [-0.25, -0.2) is 4.79 Å². The summed E-state index contributed by atoms with van der Waals surface area (Å²) in [6, 6.07) is 4.41. The molecule has 0 unspecified atom stereocenters. The fourth-order valence-electron chi connectivity index (χ4n) is 2.68. The monoisotopic (exact) mass is 399 g/mol. The van der Waals surface area contributed by atoms with Crippen molar-refractivity contribution in [3.05, 3.63) is 58.7 Å². The van der Waals surface area contributed by atoms with Gasteiger partial charge in [0.05, 0.1) is 11.3 Å². The molecule has 2 N–H and O–H groups in total.